The molecule has 0 aliphatic rings. The normalized spacial score (nSPS) is 5.25. The summed E-state index contributed by atoms with van der Waals surface area (Å²) in [5, 5.41) is 0. The summed E-state index contributed by atoms with van der Waals surface area (Å²) in [5.41, 5.74) is 0. The quantitative estimate of drug-likeness (QED) is 0.376. The topological polar surface area (TPSA) is 26.3 Å². The van der Waals surface area contributed by atoms with Crippen molar-refractivity contribution in [3.8, 4) is 0 Å². The first-order valence-corrected chi connectivity index (χ1v) is 1.84. The van der Waals surface area contributed by atoms with Crippen LogP contribution in [0.2, 0.25) is 0 Å². The van der Waals surface area contributed by atoms with E-state index in [1.165, 1.54) is 0 Å². The molecule has 0 N–H and O–H groups in total. The molecular formula is CHO2Sn. The molecule has 2 nitrogen and oxygen atoms in total. The fourth-order valence-corrected chi connectivity index (χ4v) is 0. The molecule has 0 amide bonds. The van der Waals surface area contributed by atoms with E-state index in [0.717, 1.165) is 22.9 Å². The Balaban J connectivity index is 2.30. The first-order valence-electron chi connectivity index (χ1n) is 0.676. The van der Waals surface area contributed by atoms with Crippen LogP contribution in [-0.4, -0.2) is 29.4 Å². The average molecular weight is 164 g/mol. The van der Waals surface area contributed by atoms with E-state index in [9.17, 15) is 0 Å². The number of rotatable bonds is 1. The Morgan fingerprint density at radius 1 is 2.00 bits per heavy atom. The van der Waals surface area contributed by atoms with Crippen LogP contribution >= 0.6 is 0 Å². The molecule has 0 aromatic rings. The second-order valence-corrected chi connectivity index (χ2v) is 0.887. The molecular weight excluding hydrogens is 163 g/mol. The predicted octanol–water partition coefficient (Wildman–Crippen LogP) is -0.757. The number of carbonyl (C=O) groups is 1. The molecule has 3 radical (unpaired) electrons. The summed E-state index contributed by atoms with van der Waals surface area (Å²) in [4.78, 5) is 8.97. The van der Waals surface area contributed by atoms with Gasteiger partial charge in [-0.3, -0.25) is 0 Å². The van der Waals surface area contributed by atoms with E-state index in [2.05, 4.69) is 3.07 Å². The second kappa shape index (κ2) is 3.27. The van der Waals surface area contributed by atoms with Gasteiger partial charge in [-0.2, -0.15) is 0 Å². The molecule has 0 rings (SSSR count). The van der Waals surface area contributed by atoms with Gasteiger partial charge in [0, 0.05) is 0 Å². The Hall–Kier alpha value is 0.269. The Labute approximate surface area is 37.8 Å². The third kappa shape index (κ3) is 2.27. The number of hydrogen-bond acceptors (Lipinski definition) is 2. The predicted molar refractivity (Wildman–Crippen MR) is 12.9 cm³/mol. The molecule has 0 aromatic heterocycles. The zero-order valence-corrected chi connectivity index (χ0v) is 4.75. The molecule has 3 heteroatoms. The van der Waals surface area contributed by atoms with Crippen LogP contribution in [0.4, 0.5) is 0 Å². The molecule has 0 unspecified atom stereocenters. The minimum absolute atomic E-state index is 0.415. The van der Waals surface area contributed by atoms with Crippen LogP contribution < -0.4 is 0 Å². The average Bonchev–Trinajstić information content (AvgIpc) is 1.37. The summed E-state index contributed by atoms with van der Waals surface area (Å²) < 4.78 is 3.95. The van der Waals surface area contributed by atoms with Crippen LogP contribution in [0.3, 0.4) is 0 Å². The summed E-state index contributed by atoms with van der Waals surface area (Å²) in [6.45, 7) is 0.415. The van der Waals surface area contributed by atoms with E-state index in [0.29, 0.717) is 6.47 Å². The second-order valence-electron chi connectivity index (χ2n) is 0.214. The van der Waals surface area contributed by atoms with Crippen LogP contribution in [-0.2, 0) is 7.87 Å². The van der Waals surface area contributed by atoms with Crippen molar-refractivity contribution in [2.75, 3.05) is 0 Å². The van der Waals surface area contributed by atoms with Crippen molar-refractivity contribution in [1.82, 2.24) is 0 Å². The third-order valence-electron chi connectivity index (χ3n) is 0.0481. The fraction of sp³-hybridized carbons (Fsp3) is 0. The number of hydrogen-bond donors (Lipinski definition) is 0. The van der Waals surface area contributed by atoms with Gasteiger partial charge in [0.2, 0.25) is 0 Å². The molecule has 4 heavy (non-hydrogen) atoms. The van der Waals surface area contributed by atoms with E-state index in [4.69, 9.17) is 4.79 Å². The van der Waals surface area contributed by atoms with Gasteiger partial charge in [-0.05, 0) is 0 Å². The van der Waals surface area contributed by atoms with Gasteiger partial charge in [-0.25, -0.2) is 0 Å². The van der Waals surface area contributed by atoms with Gasteiger partial charge in [0.15, 0.2) is 0 Å². The van der Waals surface area contributed by atoms with E-state index in [1.54, 1.807) is 0 Å². The van der Waals surface area contributed by atoms with E-state index in [1.807, 2.05) is 0 Å². The summed E-state index contributed by atoms with van der Waals surface area (Å²) in [7, 11) is 0. The maximum absolute atomic E-state index is 8.97. The molecule has 0 saturated heterocycles. The SMILES string of the molecule is O=C[O][Sn]. The van der Waals surface area contributed by atoms with Crippen LogP contribution in [0, 0.1) is 0 Å². The Morgan fingerprint density at radius 3 is 2.25 bits per heavy atom. The molecule has 0 spiro atoms. The van der Waals surface area contributed by atoms with Gasteiger partial charge >= 0.3 is 37.3 Å². The van der Waals surface area contributed by atoms with Gasteiger partial charge in [0.05, 0.1) is 0 Å². The molecule has 0 bridgehead atoms. The summed E-state index contributed by atoms with van der Waals surface area (Å²) in [6, 6.07) is 0. The Bertz CT molecular complexity index is 20.0. The summed E-state index contributed by atoms with van der Waals surface area (Å²) >= 11 is 0.800. The first-order chi connectivity index (χ1) is 1.91. The molecule has 21 valence electrons. The number of carbonyl (C=O) groups excluding carboxylic acids is 1. The van der Waals surface area contributed by atoms with Crippen LogP contribution in [0.15, 0.2) is 0 Å². The van der Waals surface area contributed by atoms with E-state index >= 15 is 0 Å². The van der Waals surface area contributed by atoms with Crippen LogP contribution in [0.25, 0.3) is 0 Å². The van der Waals surface area contributed by atoms with Crippen LogP contribution in [0.1, 0.15) is 0 Å². The van der Waals surface area contributed by atoms with E-state index in [-0.39, 0.29) is 0 Å². The molecule has 0 aromatic carbocycles. The van der Waals surface area contributed by atoms with Crippen molar-refractivity contribution in [3.63, 3.8) is 0 Å². The molecule has 0 aliphatic carbocycles. The van der Waals surface area contributed by atoms with Crippen molar-refractivity contribution in [2.24, 2.45) is 0 Å². The van der Waals surface area contributed by atoms with Crippen LogP contribution in [0.5, 0.6) is 0 Å². The van der Waals surface area contributed by atoms with Crippen molar-refractivity contribution >= 4 is 29.4 Å². The molecule has 0 aliphatic heterocycles. The zero-order chi connectivity index (χ0) is 3.41. The maximum atomic E-state index is 8.97. The van der Waals surface area contributed by atoms with Crippen molar-refractivity contribution < 1.29 is 7.87 Å². The Morgan fingerprint density at radius 2 is 2.25 bits per heavy atom. The van der Waals surface area contributed by atoms with E-state index < -0.39 is 0 Å². The first kappa shape index (κ1) is 4.27. The van der Waals surface area contributed by atoms with Gasteiger partial charge in [0.1, 0.15) is 0 Å². The molecule has 0 fully saturated rings. The third-order valence-corrected chi connectivity index (χ3v) is 0.323. The van der Waals surface area contributed by atoms with Gasteiger partial charge in [0.25, 0.3) is 0 Å². The van der Waals surface area contributed by atoms with Gasteiger partial charge < -0.3 is 0 Å². The monoisotopic (exact) mass is 165 g/mol. The fourth-order valence-electron chi connectivity index (χ4n) is 0. The summed E-state index contributed by atoms with van der Waals surface area (Å²) in [6.07, 6.45) is 0. The molecule has 0 heterocycles. The molecule has 0 saturated carbocycles. The van der Waals surface area contributed by atoms with Crippen molar-refractivity contribution in [2.45, 2.75) is 0 Å². The summed E-state index contributed by atoms with van der Waals surface area (Å²) in [5.74, 6) is 0. The molecule has 0 atom stereocenters. The standard InChI is InChI=1S/CH2O2.Sn/c2-1-3;/h1H,(H,2,3);/q;+1/p-1. The van der Waals surface area contributed by atoms with Gasteiger partial charge in [-0.1, -0.05) is 0 Å². The Kier molecular flexibility index (Phi) is 3.49. The zero-order valence-electron chi connectivity index (χ0n) is 1.89. The van der Waals surface area contributed by atoms with Crippen molar-refractivity contribution in [3.05, 3.63) is 0 Å². The minimum atomic E-state index is 0.415. The van der Waals surface area contributed by atoms with Gasteiger partial charge in [-0.15, -0.1) is 0 Å². The van der Waals surface area contributed by atoms with Crippen molar-refractivity contribution in [1.29, 1.82) is 0 Å².